The Morgan fingerprint density at radius 1 is 1.33 bits per heavy atom. The monoisotopic (exact) mass is 253 g/mol. The van der Waals surface area contributed by atoms with Gasteiger partial charge in [-0.1, -0.05) is 40.0 Å². The zero-order valence-electron chi connectivity index (χ0n) is 12.4. The molecule has 2 atom stereocenters. The molecule has 1 aliphatic rings. The summed E-state index contributed by atoms with van der Waals surface area (Å²) in [5, 5.41) is 7.43. The Bertz CT molecular complexity index is 250. The first-order valence-corrected chi connectivity index (χ1v) is 7.61. The summed E-state index contributed by atoms with van der Waals surface area (Å²) in [5.41, 5.74) is 5.52. The molecule has 0 aliphatic heterocycles. The molecule has 0 aromatic heterocycles. The first-order valence-electron chi connectivity index (χ1n) is 7.61. The smallest absolute Gasteiger partial charge is 0.0918 e. The summed E-state index contributed by atoms with van der Waals surface area (Å²) < 4.78 is 0. The molecule has 0 aromatic carbocycles. The summed E-state index contributed by atoms with van der Waals surface area (Å²) in [7, 11) is 0. The highest BCUT2D eigenvalue weighted by molar-refractivity contribution is 5.76. The lowest BCUT2D eigenvalue weighted by Gasteiger charge is -2.40. The second-order valence-electron chi connectivity index (χ2n) is 6.18. The van der Waals surface area contributed by atoms with E-state index in [1.165, 1.54) is 32.1 Å². The van der Waals surface area contributed by atoms with Crippen LogP contribution in [0.15, 0.2) is 0 Å². The third-order valence-electron chi connectivity index (χ3n) is 4.13. The van der Waals surface area contributed by atoms with Crippen LogP contribution >= 0.6 is 0 Å². The Morgan fingerprint density at radius 2 is 2.00 bits per heavy atom. The molecular formula is C15H31N3. The van der Waals surface area contributed by atoms with Crippen molar-refractivity contribution in [2.45, 2.75) is 65.3 Å². The molecule has 1 aliphatic carbocycles. The average Bonchev–Trinajstić information content (AvgIpc) is 2.33. The summed E-state index contributed by atoms with van der Waals surface area (Å²) in [6.45, 7) is 9.00. The highest BCUT2D eigenvalue weighted by atomic mass is 15.2. The van der Waals surface area contributed by atoms with Gasteiger partial charge in [0.25, 0.3) is 0 Å². The summed E-state index contributed by atoms with van der Waals surface area (Å²) in [6.07, 6.45) is 7.50. The van der Waals surface area contributed by atoms with Crippen molar-refractivity contribution in [2.24, 2.45) is 17.6 Å². The van der Waals surface area contributed by atoms with Crippen molar-refractivity contribution in [3.8, 4) is 0 Å². The van der Waals surface area contributed by atoms with Crippen LogP contribution in [0.4, 0.5) is 0 Å². The second kappa shape index (κ2) is 7.78. The maximum absolute atomic E-state index is 7.43. The van der Waals surface area contributed by atoms with Gasteiger partial charge in [0.2, 0.25) is 0 Å². The number of nitrogens with zero attached hydrogens (tertiary/aromatic N) is 1. The predicted octanol–water partition coefficient (Wildman–Crippen LogP) is 3.24. The third-order valence-corrected chi connectivity index (χ3v) is 4.13. The fourth-order valence-electron chi connectivity index (χ4n) is 3.27. The van der Waals surface area contributed by atoms with Gasteiger partial charge in [0.05, 0.1) is 5.84 Å². The van der Waals surface area contributed by atoms with E-state index in [4.69, 9.17) is 11.1 Å². The third kappa shape index (κ3) is 4.97. The molecule has 0 aromatic rings. The second-order valence-corrected chi connectivity index (χ2v) is 6.18. The van der Waals surface area contributed by atoms with Crippen molar-refractivity contribution in [3.05, 3.63) is 0 Å². The summed E-state index contributed by atoms with van der Waals surface area (Å²) in [6, 6.07) is 0.727. The molecule has 3 heteroatoms. The Balaban J connectivity index is 2.62. The van der Waals surface area contributed by atoms with Gasteiger partial charge in [-0.05, 0) is 24.7 Å². The Morgan fingerprint density at radius 3 is 2.56 bits per heavy atom. The number of nitrogens with two attached hydrogens (primary N) is 1. The van der Waals surface area contributed by atoms with Gasteiger partial charge in [-0.15, -0.1) is 0 Å². The lowest BCUT2D eigenvalue weighted by atomic mass is 9.81. The van der Waals surface area contributed by atoms with E-state index in [0.29, 0.717) is 11.8 Å². The highest BCUT2D eigenvalue weighted by Crippen LogP contribution is 2.31. The molecule has 1 saturated carbocycles. The molecule has 0 heterocycles. The van der Waals surface area contributed by atoms with Crippen LogP contribution in [0.25, 0.3) is 0 Å². The number of amidine groups is 1. The maximum atomic E-state index is 7.43. The van der Waals surface area contributed by atoms with E-state index in [-0.39, 0.29) is 0 Å². The highest BCUT2D eigenvalue weighted by Gasteiger charge is 2.28. The van der Waals surface area contributed by atoms with Crippen molar-refractivity contribution in [3.63, 3.8) is 0 Å². The molecule has 0 radical (unpaired) electrons. The lowest BCUT2D eigenvalue weighted by Crippen LogP contribution is -2.45. The lowest BCUT2D eigenvalue weighted by molar-refractivity contribution is 0.0920. The van der Waals surface area contributed by atoms with Gasteiger partial charge in [0.1, 0.15) is 0 Å². The zero-order valence-corrected chi connectivity index (χ0v) is 12.4. The molecule has 3 N–H and O–H groups in total. The minimum Gasteiger partial charge on any atom is -0.388 e. The number of rotatable bonds is 7. The number of nitrogens with one attached hydrogen (secondary N) is 1. The number of hydrogen-bond acceptors (Lipinski definition) is 2. The predicted molar refractivity (Wildman–Crippen MR) is 79.0 cm³/mol. The minimum atomic E-state index is 0.326. The van der Waals surface area contributed by atoms with E-state index in [9.17, 15) is 0 Å². The average molecular weight is 253 g/mol. The van der Waals surface area contributed by atoms with E-state index in [1.54, 1.807) is 0 Å². The summed E-state index contributed by atoms with van der Waals surface area (Å²) in [5.74, 6) is 1.87. The molecule has 106 valence electrons. The fourth-order valence-corrected chi connectivity index (χ4v) is 3.27. The molecule has 2 unspecified atom stereocenters. The van der Waals surface area contributed by atoms with Crippen molar-refractivity contribution >= 4 is 5.84 Å². The van der Waals surface area contributed by atoms with Crippen LogP contribution in [0, 0.1) is 17.2 Å². The van der Waals surface area contributed by atoms with Gasteiger partial charge in [-0.3, -0.25) is 10.3 Å². The molecule has 1 rings (SSSR count). The first-order chi connectivity index (χ1) is 8.54. The van der Waals surface area contributed by atoms with Crippen LogP contribution in [0.2, 0.25) is 0 Å². The van der Waals surface area contributed by atoms with Crippen LogP contribution in [-0.2, 0) is 0 Å². The molecule has 1 fully saturated rings. The SMILES string of the molecule is CCC1CCCCC1N(CCC(=N)N)CC(C)C. The van der Waals surface area contributed by atoms with E-state index in [1.807, 2.05) is 0 Å². The van der Waals surface area contributed by atoms with Gasteiger partial charge in [-0.25, -0.2) is 0 Å². The van der Waals surface area contributed by atoms with Crippen LogP contribution in [0.3, 0.4) is 0 Å². The number of hydrogen-bond donors (Lipinski definition) is 2. The topological polar surface area (TPSA) is 53.1 Å². The maximum Gasteiger partial charge on any atom is 0.0918 e. The molecule has 0 bridgehead atoms. The van der Waals surface area contributed by atoms with Crippen molar-refractivity contribution < 1.29 is 0 Å². The summed E-state index contributed by atoms with van der Waals surface area (Å²) >= 11 is 0. The van der Waals surface area contributed by atoms with Crippen LogP contribution in [0.1, 0.15) is 59.3 Å². The normalized spacial score (nSPS) is 24.7. The van der Waals surface area contributed by atoms with Crippen LogP contribution in [0.5, 0.6) is 0 Å². The van der Waals surface area contributed by atoms with Gasteiger partial charge in [0.15, 0.2) is 0 Å². The van der Waals surface area contributed by atoms with Crippen LogP contribution < -0.4 is 5.73 Å². The molecule has 0 amide bonds. The molecule has 18 heavy (non-hydrogen) atoms. The first kappa shape index (κ1) is 15.5. The molecule has 0 saturated heterocycles. The van der Waals surface area contributed by atoms with E-state index in [0.717, 1.165) is 31.5 Å². The molecule has 0 spiro atoms. The van der Waals surface area contributed by atoms with Crippen molar-refractivity contribution in [1.82, 2.24) is 4.90 Å². The standard InChI is InChI=1S/C15H31N3/c1-4-13-7-5-6-8-14(13)18(11-12(2)3)10-9-15(16)17/h12-14H,4-11H2,1-3H3,(H3,16,17). The fraction of sp³-hybridized carbons (Fsp3) is 0.933. The van der Waals surface area contributed by atoms with Crippen molar-refractivity contribution in [1.29, 1.82) is 5.41 Å². The zero-order chi connectivity index (χ0) is 13.5. The van der Waals surface area contributed by atoms with E-state index < -0.39 is 0 Å². The van der Waals surface area contributed by atoms with Gasteiger partial charge in [-0.2, -0.15) is 0 Å². The van der Waals surface area contributed by atoms with Gasteiger partial charge < -0.3 is 5.73 Å². The Hall–Kier alpha value is -0.570. The molecule has 3 nitrogen and oxygen atoms in total. The Kier molecular flexibility index (Phi) is 6.69. The van der Waals surface area contributed by atoms with Gasteiger partial charge >= 0.3 is 0 Å². The van der Waals surface area contributed by atoms with Gasteiger partial charge in [0, 0.05) is 25.6 Å². The van der Waals surface area contributed by atoms with Crippen molar-refractivity contribution in [2.75, 3.05) is 13.1 Å². The quantitative estimate of drug-likeness (QED) is 0.540. The molecular weight excluding hydrogens is 222 g/mol. The van der Waals surface area contributed by atoms with E-state index in [2.05, 4.69) is 25.7 Å². The Labute approximate surface area is 113 Å². The summed E-state index contributed by atoms with van der Waals surface area (Å²) in [4.78, 5) is 2.61. The van der Waals surface area contributed by atoms with E-state index >= 15 is 0 Å². The largest absolute Gasteiger partial charge is 0.388 e. The van der Waals surface area contributed by atoms with Crippen LogP contribution in [-0.4, -0.2) is 29.9 Å². The minimum absolute atomic E-state index is 0.326.